The number of aromatic amines is 1. The number of hydrogen-bond acceptors (Lipinski definition) is 2. The lowest BCUT2D eigenvalue weighted by atomic mass is 9.96. The maximum atomic E-state index is 13.3. The van der Waals surface area contributed by atoms with Crippen molar-refractivity contribution in [3.8, 4) is 0 Å². The molecule has 0 aliphatic carbocycles. The highest BCUT2D eigenvalue weighted by atomic mass is 16.2. The summed E-state index contributed by atoms with van der Waals surface area (Å²) < 4.78 is 0. The smallest absolute Gasteiger partial charge is 0.270 e. The molecule has 5 rings (SSSR count). The third-order valence-corrected chi connectivity index (χ3v) is 6.65. The number of aryl methyl sites for hydroxylation is 1. The van der Waals surface area contributed by atoms with Crippen LogP contribution in [-0.4, -0.2) is 46.9 Å². The summed E-state index contributed by atoms with van der Waals surface area (Å²) in [5.41, 5.74) is 5.63. The number of fused-ring (bicyclic) bond motifs is 1. The van der Waals surface area contributed by atoms with Gasteiger partial charge < -0.3 is 9.88 Å². The van der Waals surface area contributed by atoms with Gasteiger partial charge in [0.15, 0.2) is 0 Å². The van der Waals surface area contributed by atoms with Crippen LogP contribution in [0.15, 0.2) is 84.9 Å². The first kappa shape index (κ1) is 21.5. The molecule has 168 valence electrons. The summed E-state index contributed by atoms with van der Waals surface area (Å²) in [6.45, 7) is 5.34. The molecule has 0 atom stereocenters. The molecular weight excluding hydrogens is 406 g/mol. The molecule has 33 heavy (non-hydrogen) atoms. The minimum atomic E-state index is 0.0962. The van der Waals surface area contributed by atoms with Gasteiger partial charge in [-0.25, -0.2) is 0 Å². The molecule has 2 heterocycles. The number of aromatic nitrogens is 1. The van der Waals surface area contributed by atoms with Gasteiger partial charge in [0.1, 0.15) is 5.69 Å². The third kappa shape index (κ3) is 4.57. The molecule has 1 N–H and O–H groups in total. The Bertz CT molecular complexity index is 1170. The van der Waals surface area contributed by atoms with Crippen LogP contribution in [0.2, 0.25) is 0 Å². The number of nitrogens with zero attached hydrogens (tertiary/aromatic N) is 2. The summed E-state index contributed by atoms with van der Waals surface area (Å²) in [7, 11) is 0. The maximum Gasteiger partial charge on any atom is 0.270 e. The molecule has 4 aromatic rings. The fraction of sp³-hybridized carbons (Fsp3) is 0.276. The summed E-state index contributed by atoms with van der Waals surface area (Å²) in [5, 5.41) is 1.12. The molecule has 4 heteroatoms. The Balaban J connectivity index is 1.31. The van der Waals surface area contributed by atoms with Crippen molar-refractivity contribution in [3.63, 3.8) is 0 Å². The standard InChI is InChI=1S/C29H31N3O/c1-2-9-22-14-15-26-25(20-22)21-27(30-26)29(33)32-18-16-31(17-19-32)28(23-10-5-3-6-11-23)24-12-7-4-8-13-24/h3-8,10-15,20-21,28,30H,2,9,16-19H2,1H3. The van der Waals surface area contributed by atoms with Crippen molar-refractivity contribution < 1.29 is 4.79 Å². The van der Waals surface area contributed by atoms with Gasteiger partial charge in [0.2, 0.25) is 0 Å². The predicted octanol–water partition coefficient (Wildman–Crippen LogP) is 5.67. The molecule has 3 aromatic carbocycles. The van der Waals surface area contributed by atoms with E-state index in [2.05, 4.69) is 95.7 Å². The number of amides is 1. The van der Waals surface area contributed by atoms with E-state index in [1.807, 2.05) is 11.0 Å². The summed E-state index contributed by atoms with van der Waals surface area (Å²) in [6, 6.07) is 30.0. The molecule has 0 radical (unpaired) electrons. The lowest BCUT2D eigenvalue weighted by molar-refractivity contribution is 0.0592. The summed E-state index contributed by atoms with van der Waals surface area (Å²) >= 11 is 0. The molecule has 0 saturated carbocycles. The number of nitrogens with one attached hydrogen (secondary N) is 1. The maximum absolute atomic E-state index is 13.3. The topological polar surface area (TPSA) is 39.3 Å². The van der Waals surface area contributed by atoms with Gasteiger partial charge >= 0.3 is 0 Å². The zero-order chi connectivity index (χ0) is 22.6. The Morgan fingerprint density at radius 1 is 0.848 bits per heavy atom. The highest BCUT2D eigenvalue weighted by Crippen LogP contribution is 2.30. The minimum absolute atomic E-state index is 0.0962. The summed E-state index contributed by atoms with van der Waals surface area (Å²) in [6.07, 6.45) is 2.19. The van der Waals surface area contributed by atoms with Crippen molar-refractivity contribution in [2.24, 2.45) is 0 Å². The van der Waals surface area contributed by atoms with Gasteiger partial charge in [-0.3, -0.25) is 9.69 Å². The van der Waals surface area contributed by atoms with Crippen LogP contribution in [0.5, 0.6) is 0 Å². The fourth-order valence-corrected chi connectivity index (χ4v) is 4.98. The second-order valence-electron chi connectivity index (χ2n) is 8.91. The molecule has 0 unspecified atom stereocenters. The minimum Gasteiger partial charge on any atom is -0.351 e. The van der Waals surface area contributed by atoms with E-state index < -0.39 is 0 Å². The first-order valence-electron chi connectivity index (χ1n) is 12.0. The highest BCUT2D eigenvalue weighted by molar-refractivity contribution is 5.98. The SMILES string of the molecule is CCCc1ccc2[nH]c(C(=O)N3CCN(C(c4ccccc4)c4ccccc4)CC3)cc2c1. The Morgan fingerprint density at radius 2 is 1.48 bits per heavy atom. The van der Waals surface area contributed by atoms with Crippen LogP contribution in [0, 0.1) is 0 Å². The van der Waals surface area contributed by atoms with E-state index in [9.17, 15) is 4.79 Å². The Hall–Kier alpha value is -3.37. The Morgan fingerprint density at radius 3 is 2.09 bits per heavy atom. The number of carbonyl (C=O) groups is 1. The van der Waals surface area contributed by atoms with Gasteiger partial charge in [0, 0.05) is 37.1 Å². The number of piperazine rings is 1. The normalized spacial score (nSPS) is 14.8. The van der Waals surface area contributed by atoms with E-state index in [1.165, 1.54) is 16.7 Å². The highest BCUT2D eigenvalue weighted by Gasteiger charge is 2.29. The van der Waals surface area contributed by atoms with E-state index in [4.69, 9.17) is 0 Å². The fourth-order valence-electron chi connectivity index (χ4n) is 4.98. The summed E-state index contributed by atoms with van der Waals surface area (Å²) in [5.74, 6) is 0.0962. The second-order valence-corrected chi connectivity index (χ2v) is 8.91. The van der Waals surface area contributed by atoms with Gasteiger partial charge in [0.05, 0.1) is 6.04 Å². The molecule has 1 aromatic heterocycles. The third-order valence-electron chi connectivity index (χ3n) is 6.65. The second kappa shape index (κ2) is 9.63. The van der Waals surface area contributed by atoms with Crippen LogP contribution in [0.25, 0.3) is 10.9 Å². The molecule has 1 aliphatic heterocycles. The monoisotopic (exact) mass is 437 g/mol. The van der Waals surface area contributed by atoms with Crippen molar-refractivity contribution >= 4 is 16.8 Å². The quantitative estimate of drug-likeness (QED) is 0.422. The van der Waals surface area contributed by atoms with Crippen molar-refractivity contribution in [1.29, 1.82) is 0 Å². The molecule has 0 bridgehead atoms. The van der Waals surface area contributed by atoms with Crippen molar-refractivity contribution in [1.82, 2.24) is 14.8 Å². The molecule has 1 aliphatic rings. The number of hydrogen-bond donors (Lipinski definition) is 1. The molecule has 1 amide bonds. The molecular formula is C29H31N3O. The number of carbonyl (C=O) groups excluding carboxylic acids is 1. The number of benzene rings is 3. The van der Waals surface area contributed by atoms with Crippen LogP contribution < -0.4 is 0 Å². The summed E-state index contributed by atoms with van der Waals surface area (Å²) in [4.78, 5) is 21.1. The van der Waals surface area contributed by atoms with E-state index in [1.54, 1.807) is 0 Å². The van der Waals surface area contributed by atoms with Gasteiger partial charge in [0.25, 0.3) is 5.91 Å². The first-order valence-corrected chi connectivity index (χ1v) is 12.0. The molecule has 1 fully saturated rings. The van der Waals surface area contributed by atoms with Gasteiger partial charge in [-0.05, 0) is 41.3 Å². The number of rotatable bonds is 6. The lowest BCUT2D eigenvalue weighted by Gasteiger charge is -2.39. The van der Waals surface area contributed by atoms with E-state index >= 15 is 0 Å². The average Bonchev–Trinajstić information content (AvgIpc) is 3.29. The first-order chi connectivity index (χ1) is 16.2. The Labute approximate surface area is 195 Å². The zero-order valence-electron chi connectivity index (χ0n) is 19.2. The molecule has 4 nitrogen and oxygen atoms in total. The van der Waals surface area contributed by atoms with Crippen LogP contribution in [0.4, 0.5) is 0 Å². The van der Waals surface area contributed by atoms with Crippen LogP contribution in [0.3, 0.4) is 0 Å². The van der Waals surface area contributed by atoms with Crippen molar-refractivity contribution in [3.05, 3.63) is 107 Å². The lowest BCUT2D eigenvalue weighted by Crippen LogP contribution is -2.50. The van der Waals surface area contributed by atoms with Crippen molar-refractivity contribution in [2.75, 3.05) is 26.2 Å². The van der Waals surface area contributed by atoms with Gasteiger partial charge in [-0.15, -0.1) is 0 Å². The van der Waals surface area contributed by atoms with E-state index in [0.717, 1.165) is 49.9 Å². The van der Waals surface area contributed by atoms with Gasteiger partial charge in [-0.2, -0.15) is 0 Å². The average molecular weight is 438 g/mol. The number of H-pyrrole nitrogens is 1. The van der Waals surface area contributed by atoms with Crippen molar-refractivity contribution in [2.45, 2.75) is 25.8 Å². The van der Waals surface area contributed by atoms with Crippen LogP contribution in [0.1, 0.15) is 46.6 Å². The van der Waals surface area contributed by atoms with Gasteiger partial charge in [-0.1, -0.05) is 80.1 Å². The van der Waals surface area contributed by atoms with Crippen LogP contribution in [-0.2, 0) is 6.42 Å². The largest absolute Gasteiger partial charge is 0.351 e. The molecule has 1 saturated heterocycles. The zero-order valence-corrected chi connectivity index (χ0v) is 19.2. The van der Waals surface area contributed by atoms with E-state index in [-0.39, 0.29) is 11.9 Å². The predicted molar refractivity (Wildman–Crippen MR) is 134 cm³/mol. The van der Waals surface area contributed by atoms with E-state index in [0.29, 0.717) is 5.69 Å². The van der Waals surface area contributed by atoms with Crippen LogP contribution >= 0.6 is 0 Å². The Kier molecular flexibility index (Phi) is 6.27. The molecule has 0 spiro atoms.